The lowest BCUT2D eigenvalue weighted by Gasteiger charge is -2.22. The predicted molar refractivity (Wildman–Crippen MR) is 62.7 cm³/mol. The van der Waals surface area contributed by atoms with Crippen molar-refractivity contribution in [3.8, 4) is 0 Å². The van der Waals surface area contributed by atoms with Gasteiger partial charge in [0, 0.05) is 4.47 Å². The van der Waals surface area contributed by atoms with E-state index in [0.717, 1.165) is 0 Å². The summed E-state index contributed by atoms with van der Waals surface area (Å²) in [6, 6.07) is 4.51. The molecule has 0 aliphatic carbocycles. The van der Waals surface area contributed by atoms with Crippen LogP contribution in [0.5, 0.6) is 0 Å². The maximum absolute atomic E-state index is 13.6. The van der Waals surface area contributed by atoms with Crippen molar-refractivity contribution in [2.75, 3.05) is 6.61 Å². The molecule has 94 valence electrons. The van der Waals surface area contributed by atoms with Gasteiger partial charge in [-0.25, -0.2) is 4.79 Å². The Bertz CT molecular complexity index is 412. The largest absolute Gasteiger partial charge is 0.462 e. The van der Waals surface area contributed by atoms with Crippen molar-refractivity contribution in [2.24, 2.45) is 5.73 Å². The minimum atomic E-state index is -3.75. The van der Waals surface area contributed by atoms with Gasteiger partial charge in [0.15, 0.2) is 0 Å². The van der Waals surface area contributed by atoms with Crippen molar-refractivity contribution in [3.63, 3.8) is 0 Å². The van der Waals surface area contributed by atoms with Crippen molar-refractivity contribution < 1.29 is 18.3 Å². The van der Waals surface area contributed by atoms with Crippen LogP contribution in [0.25, 0.3) is 0 Å². The van der Waals surface area contributed by atoms with E-state index in [1.54, 1.807) is 18.2 Å². The highest BCUT2D eigenvalue weighted by molar-refractivity contribution is 9.10. The molecule has 0 heterocycles. The highest BCUT2D eigenvalue weighted by atomic mass is 79.9. The van der Waals surface area contributed by atoms with Gasteiger partial charge < -0.3 is 10.5 Å². The molecule has 0 amide bonds. The fourth-order valence-electron chi connectivity index (χ4n) is 1.28. The van der Waals surface area contributed by atoms with E-state index in [0.29, 0.717) is 4.47 Å². The van der Waals surface area contributed by atoms with Crippen molar-refractivity contribution in [1.29, 1.82) is 0 Å². The first-order valence-corrected chi connectivity index (χ1v) is 5.75. The van der Waals surface area contributed by atoms with Gasteiger partial charge in [-0.3, -0.25) is 0 Å². The number of benzene rings is 1. The lowest BCUT2D eigenvalue weighted by atomic mass is 10.0. The fraction of sp³-hybridized carbons (Fsp3) is 0.364. The molecular weight excluding hydrogens is 296 g/mol. The summed E-state index contributed by atoms with van der Waals surface area (Å²) in [6.45, 7) is 1.34. The summed E-state index contributed by atoms with van der Waals surface area (Å²) < 4.78 is 32.0. The third kappa shape index (κ3) is 3.01. The highest BCUT2D eigenvalue weighted by Gasteiger charge is 2.48. The number of carbonyl (C=O) groups excluding carboxylic acids is 1. The molecule has 0 unspecified atom stereocenters. The maximum atomic E-state index is 13.6. The summed E-state index contributed by atoms with van der Waals surface area (Å²) in [5.74, 6) is -5.36. The van der Waals surface area contributed by atoms with Crippen LogP contribution >= 0.6 is 15.9 Å². The Hall–Kier alpha value is -1.01. The van der Waals surface area contributed by atoms with Gasteiger partial charge in [0.1, 0.15) is 6.04 Å². The number of esters is 1. The molecule has 17 heavy (non-hydrogen) atoms. The first-order chi connectivity index (χ1) is 7.91. The Morgan fingerprint density at radius 1 is 1.53 bits per heavy atom. The molecule has 1 aromatic rings. The average molecular weight is 308 g/mol. The van der Waals surface area contributed by atoms with E-state index in [1.807, 2.05) is 0 Å². The van der Waals surface area contributed by atoms with Crippen molar-refractivity contribution in [3.05, 3.63) is 34.3 Å². The predicted octanol–water partition coefficient (Wildman–Crippen LogP) is 2.65. The second kappa shape index (κ2) is 5.55. The molecular formula is C11H12BrF2NO2. The van der Waals surface area contributed by atoms with Gasteiger partial charge in [-0.15, -0.1) is 0 Å². The van der Waals surface area contributed by atoms with Crippen LogP contribution in [0, 0.1) is 0 Å². The Kier molecular flexibility index (Phi) is 4.59. The molecule has 3 nitrogen and oxygen atoms in total. The van der Waals surface area contributed by atoms with Crippen LogP contribution in [-0.4, -0.2) is 18.5 Å². The van der Waals surface area contributed by atoms with E-state index < -0.39 is 17.9 Å². The zero-order chi connectivity index (χ0) is 13.1. The van der Waals surface area contributed by atoms with Crippen LogP contribution in [0.15, 0.2) is 28.7 Å². The van der Waals surface area contributed by atoms with Crippen LogP contribution in [-0.2, 0) is 9.53 Å². The maximum Gasteiger partial charge on any atom is 0.379 e. The second-order valence-electron chi connectivity index (χ2n) is 3.34. The van der Waals surface area contributed by atoms with E-state index in [-0.39, 0.29) is 12.2 Å². The first-order valence-electron chi connectivity index (χ1n) is 4.96. The van der Waals surface area contributed by atoms with E-state index in [2.05, 4.69) is 20.7 Å². The lowest BCUT2D eigenvalue weighted by molar-refractivity contribution is -0.174. The van der Waals surface area contributed by atoms with Gasteiger partial charge in [0.25, 0.3) is 0 Å². The Morgan fingerprint density at radius 2 is 2.12 bits per heavy atom. The quantitative estimate of drug-likeness (QED) is 0.870. The van der Waals surface area contributed by atoms with Gasteiger partial charge in [0.2, 0.25) is 0 Å². The number of halogens is 3. The molecule has 0 saturated heterocycles. The normalized spacial score (nSPS) is 13.2. The summed E-state index contributed by atoms with van der Waals surface area (Å²) in [4.78, 5) is 11.1. The van der Waals surface area contributed by atoms with E-state index >= 15 is 0 Å². The average Bonchev–Trinajstić information content (AvgIpc) is 2.29. The highest BCUT2D eigenvalue weighted by Crippen LogP contribution is 2.34. The Morgan fingerprint density at radius 3 is 2.65 bits per heavy atom. The summed E-state index contributed by atoms with van der Waals surface area (Å²) >= 11 is 3.11. The molecule has 6 heteroatoms. The van der Waals surface area contributed by atoms with E-state index in [9.17, 15) is 13.6 Å². The molecule has 0 aliphatic heterocycles. The molecule has 0 saturated carbocycles. The van der Waals surface area contributed by atoms with Gasteiger partial charge in [-0.05, 0) is 18.6 Å². The molecule has 1 atom stereocenters. The van der Waals surface area contributed by atoms with Gasteiger partial charge in [0.05, 0.1) is 6.61 Å². The Balaban J connectivity index is 3.00. The van der Waals surface area contributed by atoms with Crippen molar-refractivity contribution >= 4 is 21.9 Å². The summed E-state index contributed by atoms with van der Waals surface area (Å²) in [5.41, 5.74) is 5.58. The SMILES string of the molecule is CCOC(=O)C(F)(F)[C@@H](N)c1ccccc1Br. The smallest absolute Gasteiger partial charge is 0.379 e. The molecule has 2 N–H and O–H groups in total. The molecule has 1 aromatic carbocycles. The summed E-state index contributed by atoms with van der Waals surface area (Å²) in [7, 11) is 0. The second-order valence-corrected chi connectivity index (χ2v) is 4.20. The summed E-state index contributed by atoms with van der Waals surface area (Å²) in [6.07, 6.45) is 0. The first kappa shape index (κ1) is 14.1. The number of alkyl halides is 2. The van der Waals surface area contributed by atoms with Gasteiger partial charge in [-0.1, -0.05) is 34.1 Å². The number of rotatable bonds is 4. The number of nitrogens with two attached hydrogens (primary N) is 1. The van der Waals surface area contributed by atoms with E-state index in [1.165, 1.54) is 13.0 Å². The van der Waals surface area contributed by atoms with Crippen LogP contribution in [0.3, 0.4) is 0 Å². The topological polar surface area (TPSA) is 52.3 Å². The number of carbonyl (C=O) groups is 1. The van der Waals surface area contributed by atoms with Gasteiger partial charge in [-0.2, -0.15) is 8.78 Å². The molecule has 0 fully saturated rings. The van der Waals surface area contributed by atoms with Crippen LogP contribution in [0.4, 0.5) is 8.78 Å². The minimum absolute atomic E-state index is 0.114. The van der Waals surface area contributed by atoms with Crippen molar-refractivity contribution in [2.45, 2.75) is 18.9 Å². The molecule has 0 spiro atoms. The summed E-state index contributed by atoms with van der Waals surface area (Å²) in [5, 5.41) is 0. The van der Waals surface area contributed by atoms with Gasteiger partial charge >= 0.3 is 11.9 Å². The number of hydrogen-bond donors (Lipinski definition) is 1. The zero-order valence-electron chi connectivity index (χ0n) is 9.12. The monoisotopic (exact) mass is 307 g/mol. The molecule has 0 aliphatic rings. The number of ether oxygens (including phenoxy) is 1. The third-order valence-corrected chi connectivity index (χ3v) is 2.90. The number of hydrogen-bond acceptors (Lipinski definition) is 3. The lowest BCUT2D eigenvalue weighted by Crippen LogP contribution is -2.41. The molecule has 0 radical (unpaired) electrons. The Labute approximate surface area is 106 Å². The zero-order valence-corrected chi connectivity index (χ0v) is 10.7. The van der Waals surface area contributed by atoms with Crippen LogP contribution in [0.1, 0.15) is 18.5 Å². The third-order valence-electron chi connectivity index (χ3n) is 2.18. The van der Waals surface area contributed by atoms with Crippen molar-refractivity contribution in [1.82, 2.24) is 0 Å². The van der Waals surface area contributed by atoms with Crippen LogP contribution < -0.4 is 5.73 Å². The van der Waals surface area contributed by atoms with E-state index in [4.69, 9.17) is 5.73 Å². The molecule has 0 bridgehead atoms. The fourth-order valence-corrected chi connectivity index (χ4v) is 1.81. The minimum Gasteiger partial charge on any atom is -0.462 e. The molecule has 0 aromatic heterocycles. The van der Waals surface area contributed by atoms with Crippen LogP contribution in [0.2, 0.25) is 0 Å². The standard InChI is InChI=1S/C11H12BrF2NO2/c1-2-17-10(16)11(13,14)9(15)7-5-3-4-6-8(7)12/h3-6,9H,2,15H2,1H3/t9-/m0/s1. The molecule has 1 rings (SSSR count).